The average Bonchev–Trinajstić information content (AvgIpc) is 2.29. The number of carbonyl (C=O) groups excluding carboxylic acids is 1. The summed E-state index contributed by atoms with van der Waals surface area (Å²) in [7, 11) is 0. The van der Waals surface area contributed by atoms with Crippen molar-refractivity contribution in [2.45, 2.75) is 20.5 Å². The number of carboxylic acid groups (broad SMARTS) is 1. The lowest BCUT2D eigenvalue weighted by Gasteiger charge is -2.18. The molecule has 5 heteroatoms. The largest absolute Gasteiger partial charge is 0.480 e. The molecule has 0 unspecified atom stereocenters. The summed E-state index contributed by atoms with van der Waals surface area (Å²) < 4.78 is 0. The highest BCUT2D eigenvalue weighted by Crippen LogP contribution is 2.19. The number of hydrogen-bond donors (Lipinski definition) is 3. The molecule has 0 atom stereocenters. The fraction of sp³-hybridized carbons (Fsp3) is 0.333. The molecular weight excluding hydrogens is 222 g/mol. The molecule has 5 nitrogen and oxygen atoms in total. The van der Waals surface area contributed by atoms with E-state index in [0.717, 1.165) is 5.56 Å². The van der Waals surface area contributed by atoms with Gasteiger partial charge >= 0.3 is 5.97 Å². The van der Waals surface area contributed by atoms with Gasteiger partial charge in [0.25, 0.3) is 0 Å². The molecule has 0 aliphatic rings. The Morgan fingerprint density at radius 2 is 1.76 bits per heavy atom. The van der Waals surface area contributed by atoms with Crippen LogP contribution in [0.5, 0.6) is 0 Å². The van der Waals surface area contributed by atoms with Gasteiger partial charge in [0.2, 0.25) is 5.91 Å². The van der Waals surface area contributed by atoms with Crippen molar-refractivity contribution in [1.82, 2.24) is 0 Å². The minimum atomic E-state index is -1.48. The van der Waals surface area contributed by atoms with E-state index in [2.05, 4.69) is 5.32 Å². The van der Waals surface area contributed by atoms with Crippen LogP contribution in [0.1, 0.15) is 19.4 Å². The quantitative estimate of drug-likeness (QED) is 0.687. The Kier molecular flexibility index (Phi) is 3.85. The van der Waals surface area contributed by atoms with Crippen LogP contribution in [0.25, 0.3) is 0 Å². The number of carbonyl (C=O) groups is 2. The summed E-state index contributed by atoms with van der Waals surface area (Å²) in [5.74, 6) is -1.76. The number of rotatable bonds is 4. The minimum Gasteiger partial charge on any atom is -0.480 e. The van der Waals surface area contributed by atoms with Crippen molar-refractivity contribution in [1.29, 1.82) is 0 Å². The zero-order valence-corrected chi connectivity index (χ0v) is 9.73. The molecule has 0 spiro atoms. The molecule has 0 radical (unpaired) electrons. The van der Waals surface area contributed by atoms with E-state index in [-0.39, 0.29) is 6.61 Å². The van der Waals surface area contributed by atoms with E-state index in [4.69, 9.17) is 10.2 Å². The van der Waals surface area contributed by atoms with Crippen LogP contribution in [0.15, 0.2) is 24.3 Å². The van der Waals surface area contributed by atoms with Crippen molar-refractivity contribution >= 4 is 17.6 Å². The smallest absolute Gasteiger partial charge is 0.318 e. The van der Waals surface area contributed by atoms with Gasteiger partial charge in [-0.1, -0.05) is 12.1 Å². The summed E-state index contributed by atoms with van der Waals surface area (Å²) in [4.78, 5) is 22.5. The van der Waals surface area contributed by atoms with Gasteiger partial charge in [-0.05, 0) is 31.5 Å². The Morgan fingerprint density at radius 3 is 2.18 bits per heavy atom. The second kappa shape index (κ2) is 4.97. The lowest BCUT2D eigenvalue weighted by atomic mass is 9.92. The first-order valence-corrected chi connectivity index (χ1v) is 5.12. The molecule has 0 aliphatic heterocycles. The van der Waals surface area contributed by atoms with E-state index in [9.17, 15) is 9.59 Å². The van der Waals surface area contributed by atoms with Gasteiger partial charge in [-0.3, -0.25) is 9.59 Å². The monoisotopic (exact) mass is 237 g/mol. The molecule has 1 aromatic carbocycles. The van der Waals surface area contributed by atoms with Crippen molar-refractivity contribution in [2.75, 3.05) is 5.32 Å². The van der Waals surface area contributed by atoms with Gasteiger partial charge < -0.3 is 15.5 Å². The van der Waals surface area contributed by atoms with Gasteiger partial charge in [0.15, 0.2) is 0 Å². The first-order valence-electron chi connectivity index (χ1n) is 5.12. The fourth-order valence-corrected chi connectivity index (χ4v) is 1.08. The van der Waals surface area contributed by atoms with E-state index >= 15 is 0 Å². The third kappa shape index (κ3) is 3.04. The van der Waals surface area contributed by atoms with Gasteiger partial charge in [0.1, 0.15) is 5.41 Å². The highest BCUT2D eigenvalue weighted by atomic mass is 16.4. The summed E-state index contributed by atoms with van der Waals surface area (Å²) >= 11 is 0. The summed E-state index contributed by atoms with van der Waals surface area (Å²) in [6, 6.07) is 6.54. The minimum absolute atomic E-state index is 0.0746. The van der Waals surface area contributed by atoms with Crippen LogP contribution in [0.2, 0.25) is 0 Å². The molecule has 0 heterocycles. The Morgan fingerprint density at radius 1 is 1.24 bits per heavy atom. The van der Waals surface area contributed by atoms with Crippen LogP contribution in [-0.2, 0) is 16.2 Å². The summed E-state index contributed by atoms with van der Waals surface area (Å²) in [5, 5.41) is 20.2. The van der Waals surface area contributed by atoms with E-state index in [1.807, 2.05) is 0 Å². The molecule has 0 bridgehead atoms. The number of carboxylic acids is 1. The molecule has 0 aliphatic carbocycles. The van der Waals surface area contributed by atoms with E-state index < -0.39 is 17.3 Å². The second-order valence-electron chi connectivity index (χ2n) is 4.24. The Labute approximate surface area is 99.1 Å². The predicted octanol–water partition coefficient (Wildman–Crippen LogP) is 1.23. The van der Waals surface area contributed by atoms with Crippen LogP contribution in [0, 0.1) is 5.41 Å². The molecule has 0 saturated heterocycles. The van der Waals surface area contributed by atoms with E-state index in [0.29, 0.717) is 5.69 Å². The average molecular weight is 237 g/mol. The standard InChI is InChI=1S/C12H15NO4/c1-12(2,11(16)17)10(15)13-9-5-3-8(7-14)4-6-9/h3-6,14H,7H2,1-2H3,(H,13,15)(H,16,17). The third-order valence-electron chi connectivity index (χ3n) is 2.50. The van der Waals surface area contributed by atoms with Gasteiger partial charge in [-0.2, -0.15) is 0 Å². The van der Waals surface area contributed by atoms with Gasteiger partial charge in [-0.25, -0.2) is 0 Å². The maximum Gasteiger partial charge on any atom is 0.318 e. The Balaban J connectivity index is 2.77. The maximum atomic E-state index is 11.7. The molecule has 0 aromatic heterocycles. The molecule has 1 aromatic rings. The number of amides is 1. The fourth-order valence-electron chi connectivity index (χ4n) is 1.08. The summed E-state index contributed by atoms with van der Waals surface area (Å²) in [6.45, 7) is 2.61. The predicted molar refractivity (Wildman–Crippen MR) is 62.4 cm³/mol. The van der Waals surface area contributed by atoms with Crippen LogP contribution < -0.4 is 5.32 Å². The Bertz CT molecular complexity index is 423. The summed E-state index contributed by atoms with van der Waals surface area (Å²) in [6.07, 6.45) is 0. The molecule has 0 saturated carbocycles. The number of aliphatic carboxylic acids is 1. The molecule has 17 heavy (non-hydrogen) atoms. The van der Waals surface area contributed by atoms with Crippen LogP contribution >= 0.6 is 0 Å². The first-order chi connectivity index (χ1) is 7.87. The first kappa shape index (κ1) is 13.2. The van der Waals surface area contributed by atoms with Crippen molar-refractivity contribution in [3.05, 3.63) is 29.8 Å². The zero-order valence-electron chi connectivity index (χ0n) is 9.73. The molecule has 0 fully saturated rings. The number of aliphatic hydroxyl groups is 1. The lowest BCUT2D eigenvalue weighted by molar-refractivity contribution is -0.151. The van der Waals surface area contributed by atoms with Crippen LogP contribution in [-0.4, -0.2) is 22.1 Å². The number of aliphatic hydroxyl groups excluding tert-OH is 1. The van der Waals surface area contributed by atoms with Gasteiger partial charge in [0, 0.05) is 5.69 Å². The zero-order chi connectivity index (χ0) is 13.1. The molecule has 1 rings (SSSR count). The third-order valence-corrected chi connectivity index (χ3v) is 2.50. The SMILES string of the molecule is CC(C)(C(=O)O)C(=O)Nc1ccc(CO)cc1. The molecule has 92 valence electrons. The number of benzene rings is 1. The number of nitrogens with one attached hydrogen (secondary N) is 1. The molecule has 3 N–H and O–H groups in total. The van der Waals surface area contributed by atoms with Crippen molar-refractivity contribution < 1.29 is 19.8 Å². The van der Waals surface area contributed by atoms with Crippen molar-refractivity contribution in [3.63, 3.8) is 0 Å². The number of hydrogen-bond acceptors (Lipinski definition) is 3. The number of anilines is 1. The topological polar surface area (TPSA) is 86.6 Å². The van der Waals surface area contributed by atoms with Crippen molar-refractivity contribution in [2.24, 2.45) is 5.41 Å². The van der Waals surface area contributed by atoms with Gasteiger partial charge in [0.05, 0.1) is 6.61 Å². The van der Waals surface area contributed by atoms with E-state index in [1.165, 1.54) is 13.8 Å². The molecule has 1 amide bonds. The van der Waals surface area contributed by atoms with Gasteiger partial charge in [-0.15, -0.1) is 0 Å². The Hall–Kier alpha value is -1.88. The lowest BCUT2D eigenvalue weighted by Crippen LogP contribution is -2.37. The van der Waals surface area contributed by atoms with Crippen LogP contribution in [0.3, 0.4) is 0 Å². The van der Waals surface area contributed by atoms with Crippen molar-refractivity contribution in [3.8, 4) is 0 Å². The highest BCUT2D eigenvalue weighted by Gasteiger charge is 2.35. The highest BCUT2D eigenvalue weighted by molar-refractivity contribution is 6.07. The normalized spacial score (nSPS) is 11.0. The molecular formula is C12H15NO4. The second-order valence-corrected chi connectivity index (χ2v) is 4.24. The van der Waals surface area contributed by atoms with E-state index in [1.54, 1.807) is 24.3 Å². The summed E-state index contributed by atoms with van der Waals surface area (Å²) in [5.41, 5.74) is -0.252. The maximum absolute atomic E-state index is 11.7. The van der Waals surface area contributed by atoms with Crippen LogP contribution in [0.4, 0.5) is 5.69 Å².